The highest BCUT2D eigenvalue weighted by molar-refractivity contribution is 5.88. The number of ether oxygens (including phenoxy) is 2. The largest absolute Gasteiger partial charge is 0.491 e. The summed E-state index contributed by atoms with van der Waals surface area (Å²) in [5.41, 5.74) is 7.76. The average Bonchev–Trinajstić information content (AvgIpc) is 2.90. The van der Waals surface area contributed by atoms with Crippen LogP contribution in [-0.4, -0.2) is 60.0 Å². The summed E-state index contributed by atoms with van der Waals surface area (Å²) >= 11 is 0. The zero-order valence-electron chi connectivity index (χ0n) is 24.7. The lowest BCUT2D eigenvalue weighted by atomic mass is 9.93. The summed E-state index contributed by atoms with van der Waals surface area (Å²) in [7, 11) is 0. The number of amides is 1. The van der Waals surface area contributed by atoms with Crippen LogP contribution in [-0.2, 0) is 20.9 Å². The molecule has 0 saturated heterocycles. The number of carbonyl (C=O) groups is 2. The van der Waals surface area contributed by atoms with Crippen molar-refractivity contribution in [2.75, 3.05) is 26.3 Å². The van der Waals surface area contributed by atoms with E-state index in [9.17, 15) is 9.59 Å². The average molecular weight is 543 g/mol. The predicted molar refractivity (Wildman–Crippen MR) is 156 cm³/mol. The smallest absolute Gasteiger partial charge is 0.325 e. The first kappa shape index (κ1) is 30.8. The van der Waals surface area contributed by atoms with E-state index in [1.165, 1.54) is 38.5 Å². The Morgan fingerprint density at radius 1 is 1.10 bits per heavy atom. The van der Waals surface area contributed by atoms with Crippen LogP contribution in [0.25, 0.3) is 0 Å². The van der Waals surface area contributed by atoms with Gasteiger partial charge in [0.1, 0.15) is 18.0 Å². The number of hydrogen-bond donors (Lipinski definition) is 1. The molecule has 1 aliphatic carbocycles. The molecule has 0 radical (unpaired) electrons. The Kier molecular flexibility index (Phi) is 11.9. The monoisotopic (exact) mass is 542 g/mol. The summed E-state index contributed by atoms with van der Waals surface area (Å²) < 4.78 is 11.5. The molecule has 218 valence electrons. The maximum Gasteiger partial charge on any atom is 0.325 e. The van der Waals surface area contributed by atoms with E-state index in [-0.39, 0.29) is 29.8 Å². The molecule has 1 aliphatic heterocycles. The highest BCUT2D eigenvalue weighted by Gasteiger charge is 2.26. The molecule has 2 aliphatic rings. The predicted octanol–water partition coefficient (Wildman–Crippen LogP) is 5.94. The number of unbranched alkanes of at least 4 members (excludes halogenated alkanes) is 3. The number of esters is 1. The molecule has 0 atom stereocenters. The van der Waals surface area contributed by atoms with Gasteiger partial charge in [-0.1, -0.05) is 78.4 Å². The number of para-hydroxylation sites is 1. The molecule has 39 heavy (non-hydrogen) atoms. The van der Waals surface area contributed by atoms with Crippen molar-refractivity contribution < 1.29 is 19.1 Å². The van der Waals surface area contributed by atoms with Gasteiger partial charge in [0.15, 0.2) is 5.96 Å². The van der Waals surface area contributed by atoms with Crippen molar-refractivity contribution in [1.29, 1.82) is 0 Å². The Balaban J connectivity index is 1.51. The van der Waals surface area contributed by atoms with Crippen LogP contribution in [0, 0.1) is 5.41 Å². The Labute approximate surface area is 235 Å². The minimum Gasteiger partial charge on any atom is -0.491 e. The fourth-order valence-electron chi connectivity index (χ4n) is 5.21. The topological polar surface area (TPSA) is 97.5 Å². The van der Waals surface area contributed by atoms with Gasteiger partial charge in [-0.05, 0) is 37.2 Å². The first-order valence-electron chi connectivity index (χ1n) is 15.0. The SMILES string of the molecule is CCCCCCN(C(=O)CCCOc1cccc2c1N=C(N)N(CC(=O)OCC(C)(C)C)C2)C1CCCCC1. The number of hydrogen-bond acceptors (Lipinski definition) is 7. The Morgan fingerprint density at radius 3 is 2.59 bits per heavy atom. The molecule has 8 heteroatoms. The maximum absolute atomic E-state index is 13.2. The van der Waals surface area contributed by atoms with Crippen LogP contribution in [0.15, 0.2) is 23.2 Å². The van der Waals surface area contributed by atoms with Crippen molar-refractivity contribution in [2.24, 2.45) is 16.1 Å². The van der Waals surface area contributed by atoms with Crippen molar-refractivity contribution in [2.45, 2.75) is 111 Å². The molecule has 0 bridgehead atoms. The third-order valence-electron chi connectivity index (χ3n) is 7.36. The minimum atomic E-state index is -0.323. The first-order chi connectivity index (χ1) is 18.7. The van der Waals surface area contributed by atoms with Crippen molar-refractivity contribution in [1.82, 2.24) is 9.80 Å². The summed E-state index contributed by atoms with van der Waals surface area (Å²) in [6.45, 7) is 10.5. The second-order valence-corrected chi connectivity index (χ2v) is 12.2. The summed E-state index contributed by atoms with van der Waals surface area (Å²) in [5.74, 6) is 0.860. The number of carbonyl (C=O) groups excluding carboxylic acids is 2. The third kappa shape index (κ3) is 10.0. The molecule has 1 fully saturated rings. The second kappa shape index (κ2) is 15.1. The van der Waals surface area contributed by atoms with Gasteiger partial charge in [-0.2, -0.15) is 0 Å². The standard InChI is InChI=1S/C31H50N4O4/c1-5-6-7-11-19-35(25-15-9-8-10-16-25)27(36)18-13-20-38-26-17-12-14-24-21-34(30(32)33-29(24)26)22-28(37)39-23-31(2,3)4/h12,14,17,25H,5-11,13,15-16,18-23H2,1-4H3,(H2,32,33). The van der Waals surface area contributed by atoms with Gasteiger partial charge in [0.25, 0.3) is 0 Å². The van der Waals surface area contributed by atoms with Gasteiger partial charge in [-0.15, -0.1) is 0 Å². The number of aliphatic imine (C=N–C) groups is 1. The first-order valence-corrected chi connectivity index (χ1v) is 15.0. The van der Waals surface area contributed by atoms with E-state index in [0.29, 0.717) is 50.1 Å². The van der Waals surface area contributed by atoms with Crippen molar-refractivity contribution in [3.8, 4) is 5.75 Å². The number of benzene rings is 1. The van der Waals surface area contributed by atoms with Gasteiger partial charge in [0, 0.05) is 31.1 Å². The third-order valence-corrected chi connectivity index (χ3v) is 7.36. The number of nitrogens with zero attached hydrogens (tertiary/aromatic N) is 3. The van der Waals surface area contributed by atoms with E-state index in [1.54, 1.807) is 4.90 Å². The number of guanidine groups is 1. The second-order valence-electron chi connectivity index (χ2n) is 12.2. The maximum atomic E-state index is 13.2. The minimum absolute atomic E-state index is 0.0496. The van der Waals surface area contributed by atoms with E-state index in [1.807, 2.05) is 39.0 Å². The van der Waals surface area contributed by atoms with Crippen LogP contribution in [0.4, 0.5) is 5.69 Å². The Bertz CT molecular complexity index is 966. The van der Waals surface area contributed by atoms with Crippen LogP contribution >= 0.6 is 0 Å². The highest BCUT2D eigenvalue weighted by Crippen LogP contribution is 2.35. The number of rotatable bonds is 14. The van der Waals surface area contributed by atoms with E-state index in [2.05, 4.69) is 16.8 Å². The van der Waals surface area contributed by atoms with Crippen molar-refractivity contribution in [3.63, 3.8) is 0 Å². The zero-order valence-corrected chi connectivity index (χ0v) is 24.7. The van der Waals surface area contributed by atoms with Gasteiger partial charge in [0.05, 0.1) is 13.2 Å². The van der Waals surface area contributed by atoms with Crippen molar-refractivity contribution >= 4 is 23.5 Å². The summed E-state index contributed by atoms with van der Waals surface area (Å²) in [4.78, 5) is 34.0. The number of fused-ring (bicyclic) bond motifs is 1. The normalized spacial score (nSPS) is 15.9. The molecule has 3 rings (SSSR count). The van der Waals surface area contributed by atoms with E-state index in [0.717, 1.165) is 31.4 Å². The molecular formula is C31H50N4O4. The summed E-state index contributed by atoms with van der Waals surface area (Å²) in [6, 6.07) is 6.18. The molecule has 2 N–H and O–H groups in total. The van der Waals surface area contributed by atoms with Gasteiger partial charge >= 0.3 is 5.97 Å². The van der Waals surface area contributed by atoms with Crippen LogP contribution in [0.5, 0.6) is 5.75 Å². The van der Waals surface area contributed by atoms with Crippen LogP contribution in [0.2, 0.25) is 0 Å². The lowest BCUT2D eigenvalue weighted by Crippen LogP contribution is -2.42. The molecule has 0 aromatic heterocycles. The molecule has 8 nitrogen and oxygen atoms in total. The molecular weight excluding hydrogens is 492 g/mol. The molecule has 1 aromatic carbocycles. The Morgan fingerprint density at radius 2 is 1.87 bits per heavy atom. The van der Waals surface area contributed by atoms with Crippen LogP contribution in [0.3, 0.4) is 0 Å². The van der Waals surface area contributed by atoms with Gasteiger partial charge in [-0.25, -0.2) is 4.99 Å². The van der Waals surface area contributed by atoms with E-state index >= 15 is 0 Å². The Hall–Kier alpha value is -2.77. The molecule has 1 aromatic rings. The fourth-order valence-corrected chi connectivity index (χ4v) is 5.21. The van der Waals surface area contributed by atoms with Gasteiger partial charge < -0.3 is 25.0 Å². The molecule has 1 saturated carbocycles. The number of nitrogens with two attached hydrogens (primary N) is 1. The van der Waals surface area contributed by atoms with Crippen molar-refractivity contribution in [3.05, 3.63) is 23.8 Å². The molecule has 1 heterocycles. The van der Waals surface area contributed by atoms with Crippen LogP contribution < -0.4 is 10.5 Å². The van der Waals surface area contributed by atoms with Gasteiger partial charge in [0.2, 0.25) is 5.91 Å². The lowest BCUT2D eigenvalue weighted by molar-refractivity contribution is -0.146. The summed E-state index contributed by atoms with van der Waals surface area (Å²) in [6.07, 6.45) is 11.9. The van der Waals surface area contributed by atoms with Crippen LogP contribution in [0.1, 0.15) is 104 Å². The highest BCUT2D eigenvalue weighted by atomic mass is 16.5. The van der Waals surface area contributed by atoms with Gasteiger partial charge in [-0.3, -0.25) is 9.59 Å². The molecule has 0 spiro atoms. The lowest BCUT2D eigenvalue weighted by Gasteiger charge is -2.34. The van der Waals surface area contributed by atoms with E-state index in [4.69, 9.17) is 15.2 Å². The van der Waals surface area contributed by atoms with E-state index < -0.39 is 0 Å². The summed E-state index contributed by atoms with van der Waals surface area (Å²) in [5, 5.41) is 0. The molecule has 1 amide bonds. The quantitative estimate of drug-likeness (QED) is 0.231. The molecule has 0 unspecified atom stereocenters. The zero-order chi connectivity index (χ0) is 28.3. The fraction of sp³-hybridized carbons (Fsp3) is 0.710.